The summed E-state index contributed by atoms with van der Waals surface area (Å²) in [5, 5.41) is 9.27. The lowest BCUT2D eigenvalue weighted by atomic mass is 10.1. The molecule has 0 saturated carbocycles. The van der Waals surface area contributed by atoms with Gasteiger partial charge in [-0.25, -0.2) is 13.1 Å². The summed E-state index contributed by atoms with van der Waals surface area (Å²) in [6.07, 6.45) is 0.768. The molecule has 2 N–H and O–H groups in total. The number of sulfonamides is 1. The maximum atomic E-state index is 12.1. The molecule has 0 radical (unpaired) electrons. The highest BCUT2D eigenvalue weighted by Gasteiger charge is 2.15. The minimum absolute atomic E-state index is 0.149. The van der Waals surface area contributed by atoms with Crippen molar-refractivity contribution in [2.24, 2.45) is 0 Å². The third-order valence-electron chi connectivity index (χ3n) is 2.89. The molecular formula is C13H22N2O3S. The Morgan fingerprint density at radius 3 is 2.47 bits per heavy atom. The van der Waals surface area contributed by atoms with Crippen molar-refractivity contribution in [1.29, 1.82) is 0 Å². The smallest absolute Gasteiger partial charge is 0.240 e. The Hall–Kier alpha value is -0.950. The molecular weight excluding hydrogens is 264 g/mol. The molecule has 0 spiro atoms. The largest absolute Gasteiger partial charge is 0.392 e. The highest BCUT2D eigenvalue weighted by atomic mass is 32.2. The summed E-state index contributed by atoms with van der Waals surface area (Å²) in [5.41, 5.74) is 1.63. The number of hydrogen-bond acceptors (Lipinski definition) is 4. The van der Waals surface area contributed by atoms with Crippen LogP contribution in [0.15, 0.2) is 23.1 Å². The molecule has 0 saturated heterocycles. The molecule has 1 aromatic rings. The Balaban J connectivity index is 2.89. The van der Waals surface area contributed by atoms with Crippen LogP contribution < -0.4 is 4.72 Å². The molecule has 0 unspecified atom stereocenters. The van der Waals surface area contributed by atoms with Gasteiger partial charge in [-0.05, 0) is 43.8 Å². The molecule has 19 heavy (non-hydrogen) atoms. The van der Waals surface area contributed by atoms with E-state index in [-0.39, 0.29) is 11.5 Å². The van der Waals surface area contributed by atoms with Crippen LogP contribution >= 0.6 is 0 Å². The maximum Gasteiger partial charge on any atom is 0.240 e. The number of benzene rings is 1. The van der Waals surface area contributed by atoms with Crippen molar-refractivity contribution < 1.29 is 13.5 Å². The molecule has 0 atom stereocenters. The molecule has 0 aliphatic carbocycles. The Morgan fingerprint density at radius 1 is 1.26 bits per heavy atom. The first-order chi connectivity index (χ1) is 8.90. The van der Waals surface area contributed by atoms with E-state index in [1.165, 1.54) is 6.07 Å². The minimum atomic E-state index is -3.50. The van der Waals surface area contributed by atoms with Gasteiger partial charge in [0.15, 0.2) is 0 Å². The van der Waals surface area contributed by atoms with Gasteiger partial charge in [-0.2, -0.15) is 0 Å². The first-order valence-electron chi connectivity index (χ1n) is 6.27. The van der Waals surface area contributed by atoms with Crippen LogP contribution in [-0.4, -0.2) is 45.6 Å². The van der Waals surface area contributed by atoms with Crippen molar-refractivity contribution in [3.8, 4) is 0 Å². The van der Waals surface area contributed by atoms with Gasteiger partial charge in [0.05, 0.1) is 11.5 Å². The van der Waals surface area contributed by atoms with Gasteiger partial charge in [-0.3, -0.25) is 0 Å². The van der Waals surface area contributed by atoms with Crippen molar-refractivity contribution in [3.63, 3.8) is 0 Å². The molecule has 0 aromatic heterocycles. The first-order valence-corrected chi connectivity index (χ1v) is 7.76. The molecule has 0 heterocycles. The highest BCUT2D eigenvalue weighted by molar-refractivity contribution is 7.89. The van der Waals surface area contributed by atoms with E-state index in [9.17, 15) is 13.5 Å². The molecule has 0 fully saturated rings. The van der Waals surface area contributed by atoms with E-state index in [0.29, 0.717) is 18.7 Å². The molecule has 0 bridgehead atoms. The van der Waals surface area contributed by atoms with Crippen molar-refractivity contribution in [2.75, 3.05) is 27.2 Å². The number of likely N-dealkylation sites (N-methyl/N-ethyl adjacent to an activating group) is 1. The van der Waals surface area contributed by atoms with Gasteiger partial charge in [0.2, 0.25) is 10.0 Å². The number of nitrogens with one attached hydrogen (secondary N) is 1. The summed E-state index contributed by atoms with van der Waals surface area (Å²) >= 11 is 0. The minimum Gasteiger partial charge on any atom is -0.392 e. The second kappa shape index (κ2) is 7.00. The fraction of sp³-hybridized carbons (Fsp3) is 0.538. The SMILES string of the molecule is CCc1ccc(S(=O)(=O)NCCN(C)C)cc1CO. The van der Waals surface area contributed by atoms with Crippen LogP contribution in [0.3, 0.4) is 0 Å². The van der Waals surface area contributed by atoms with E-state index in [1.54, 1.807) is 12.1 Å². The number of aliphatic hydroxyl groups is 1. The lowest BCUT2D eigenvalue weighted by Crippen LogP contribution is -2.31. The van der Waals surface area contributed by atoms with Crippen molar-refractivity contribution >= 4 is 10.0 Å². The van der Waals surface area contributed by atoms with Crippen molar-refractivity contribution in [3.05, 3.63) is 29.3 Å². The quantitative estimate of drug-likeness (QED) is 0.769. The van der Waals surface area contributed by atoms with Crippen LogP contribution in [0.2, 0.25) is 0 Å². The van der Waals surface area contributed by atoms with Crippen molar-refractivity contribution in [2.45, 2.75) is 24.8 Å². The summed E-state index contributed by atoms with van der Waals surface area (Å²) in [6.45, 7) is 2.82. The van der Waals surface area contributed by atoms with Crippen LogP contribution in [0.4, 0.5) is 0 Å². The second-order valence-electron chi connectivity index (χ2n) is 4.64. The number of aryl methyl sites for hydroxylation is 1. The summed E-state index contributed by atoms with van der Waals surface area (Å²) in [5.74, 6) is 0. The van der Waals surface area contributed by atoms with Gasteiger partial charge < -0.3 is 10.0 Å². The van der Waals surface area contributed by atoms with Crippen molar-refractivity contribution in [1.82, 2.24) is 9.62 Å². The third kappa shape index (κ3) is 4.58. The molecule has 5 nitrogen and oxygen atoms in total. The molecule has 1 rings (SSSR count). The number of hydrogen-bond donors (Lipinski definition) is 2. The fourth-order valence-electron chi connectivity index (χ4n) is 1.75. The van der Waals surface area contributed by atoms with Crippen LogP contribution in [0.1, 0.15) is 18.1 Å². The predicted octanol–water partition coefficient (Wildman–Crippen LogP) is 0.581. The first kappa shape index (κ1) is 16.1. The predicted molar refractivity (Wildman–Crippen MR) is 75.5 cm³/mol. The van der Waals surface area contributed by atoms with Crippen LogP contribution in [0.25, 0.3) is 0 Å². The Morgan fingerprint density at radius 2 is 1.95 bits per heavy atom. The number of aliphatic hydroxyl groups excluding tert-OH is 1. The van der Waals surface area contributed by atoms with E-state index < -0.39 is 10.0 Å². The van der Waals surface area contributed by atoms with E-state index >= 15 is 0 Å². The highest BCUT2D eigenvalue weighted by Crippen LogP contribution is 2.16. The molecule has 0 aliphatic rings. The Bertz CT molecular complexity index is 513. The monoisotopic (exact) mass is 286 g/mol. The molecule has 108 valence electrons. The maximum absolute atomic E-state index is 12.1. The van der Waals surface area contributed by atoms with E-state index in [1.807, 2.05) is 25.9 Å². The molecule has 0 amide bonds. The lowest BCUT2D eigenvalue weighted by Gasteiger charge is -2.12. The van der Waals surface area contributed by atoms with Crippen LogP contribution in [0, 0.1) is 0 Å². The second-order valence-corrected chi connectivity index (χ2v) is 6.41. The summed E-state index contributed by atoms with van der Waals surface area (Å²) in [6, 6.07) is 4.87. The Kier molecular flexibility index (Phi) is 5.93. The summed E-state index contributed by atoms with van der Waals surface area (Å²) < 4.78 is 26.7. The van der Waals surface area contributed by atoms with Gasteiger partial charge in [0, 0.05) is 13.1 Å². The normalized spacial score (nSPS) is 12.1. The lowest BCUT2D eigenvalue weighted by molar-refractivity contribution is 0.280. The van der Waals surface area contributed by atoms with Crippen LogP contribution in [-0.2, 0) is 23.1 Å². The summed E-state index contributed by atoms with van der Waals surface area (Å²) in [4.78, 5) is 2.11. The zero-order chi connectivity index (χ0) is 14.5. The molecule has 0 aliphatic heterocycles. The molecule has 6 heteroatoms. The molecule has 1 aromatic carbocycles. The van der Waals surface area contributed by atoms with E-state index in [2.05, 4.69) is 4.72 Å². The number of nitrogens with zero attached hydrogens (tertiary/aromatic N) is 1. The van der Waals surface area contributed by atoms with Gasteiger partial charge in [0.25, 0.3) is 0 Å². The zero-order valence-corrected chi connectivity index (χ0v) is 12.5. The van der Waals surface area contributed by atoms with Gasteiger partial charge in [0.1, 0.15) is 0 Å². The van der Waals surface area contributed by atoms with Gasteiger partial charge in [-0.1, -0.05) is 13.0 Å². The average molecular weight is 286 g/mol. The fourth-order valence-corrected chi connectivity index (χ4v) is 2.82. The Labute approximate surface area is 115 Å². The standard InChI is InChI=1S/C13H22N2O3S/c1-4-11-5-6-13(9-12(11)10-16)19(17,18)14-7-8-15(2)3/h5-6,9,14,16H,4,7-8,10H2,1-3H3. The van der Waals surface area contributed by atoms with E-state index in [0.717, 1.165) is 12.0 Å². The third-order valence-corrected chi connectivity index (χ3v) is 4.35. The topological polar surface area (TPSA) is 69.6 Å². The van der Waals surface area contributed by atoms with E-state index in [4.69, 9.17) is 0 Å². The zero-order valence-electron chi connectivity index (χ0n) is 11.7. The van der Waals surface area contributed by atoms with Gasteiger partial charge in [-0.15, -0.1) is 0 Å². The van der Waals surface area contributed by atoms with Gasteiger partial charge >= 0.3 is 0 Å². The van der Waals surface area contributed by atoms with Crippen LogP contribution in [0.5, 0.6) is 0 Å². The average Bonchev–Trinajstić information content (AvgIpc) is 2.37. The number of rotatable bonds is 7. The summed E-state index contributed by atoms with van der Waals surface area (Å²) in [7, 11) is 0.265.